The normalized spacial score (nSPS) is 11.0. The summed E-state index contributed by atoms with van der Waals surface area (Å²) in [5.74, 6) is 0.532. The zero-order valence-electron chi connectivity index (χ0n) is 18.0. The van der Waals surface area contributed by atoms with Gasteiger partial charge in [0.2, 0.25) is 5.91 Å². The number of hydrogen-bond donors (Lipinski definition) is 0. The number of likely N-dealkylation sites (N-methyl/N-ethyl adjacent to an activating group) is 1. The minimum atomic E-state index is -0.419. The number of halogens is 3. The molecule has 0 spiro atoms. The fraction of sp³-hybridized carbons (Fsp3) is 0.200. The Morgan fingerprint density at radius 1 is 1.12 bits per heavy atom. The van der Waals surface area contributed by atoms with E-state index in [1.807, 2.05) is 42.5 Å². The molecule has 0 aliphatic rings. The van der Waals surface area contributed by atoms with Gasteiger partial charge in [0.05, 0.1) is 41.1 Å². The third-order valence-electron chi connectivity index (χ3n) is 5.25. The highest BCUT2D eigenvalue weighted by atomic mass is 35.5. The SMILES string of the molecule is CN(C(=O)Cc1c(-c2ccc(OCCC[18F])cc2)nc2c(Cl)cc(Cl)cn12)c1ccccc1. The predicted molar refractivity (Wildman–Crippen MR) is 130 cm³/mol. The lowest BCUT2D eigenvalue weighted by Crippen LogP contribution is -2.28. The topological polar surface area (TPSA) is 46.8 Å². The number of nitrogens with zero attached hydrogens (tertiary/aromatic N) is 3. The van der Waals surface area contributed by atoms with Gasteiger partial charge in [-0.25, -0.2) is 4.98 Å². The number of anilines is 1. The monoisotopic (exact) mass is 484 g/mol. The number of fused-ring (bicyclic) bond motifs is 1. The molecule has 2 aromatic heterocycles. The molecule has 33 heavy (non-hydrogen) atoms. The van der Waals surface area contributed by atoms with Gasteiger partial charge in [0.25, 0.3) is 0 Å². The minimum absolute atomic E-state index is 0.0906. The van der Waals surface area contributed by atoms with Crippen molar-refractivity contribution in [2.24, 2.45) is 0 Å². The number of alkyl halides is 1. The van der Waals surface area contributed by atoms with E-state index < -0.39 is 6.67 Å². The van der Waals surface area contributed by atoms with Crippen LogP contribution in [-0.4, -0.2) is 35.6 Å². The molecule has 5 nitrogen and oxygen atoms in total. The fourth-order valence-electron chi connectivity index (χ4n) is 3.53. The zero-order chi connectivity index (χ0) is 23.4. The molecule has 1 amide bonds. The maximum atomic E-state index is 13.2. The van der Waals surface area contributed by atoms with E-state index in [-0.39, 0.29) is 12.3 Å². The molecule has 2 heterocycles. The molecule has 0 bridgehead atoms. The number of hydrogen-bond acceptors (Lipinski definition) is 3. The quantitative estimate of drug-likeness (QED) is 0.277. The Balaban J connectivity index is 1.71. The second kappa shape index (κ2) is 10.2. The Labute approximate surface area is 201 Å². The van der Waals surface area contributed by atoms with E-state index in [4.69, 9.17) is 32.9 Å². The van der Waals surface area contributed by atoms with Gasteiger partial charge in [0.15, 0.2) is 5.65 Å². The number of pyridine rings is 1. The van der Waals surface area contributed by atoms with Crippen molar-refractivity contribution >= 4 is 40.4 Å². The molecule has 2 aromatic carbocycles. The fourth-order valence-corrected chi connectivity index (χ4v) is 4.04. The molecule has 4 aromatic rings. The molecule has 0 aliphatic heterocycles. The molecule has 0 radical (unpaired) electrons. The molecule has 0 N–H and O–H groups in total. The van der Waals surface area contributed by atoms with Crippen molar-refractivity contribution in [2.45, 2.75) is 12.8 Å². The maximum absolute atomic E-state index is 13.2. The lowest BCUT2D eigenvalue weighted by Gasteiger charge is -2.17. The van der Waals surface area contributed by atoms with E-state index in [1.165, 1.54) is 0 Å². The van der Waals surface area contributed by atoms with E-state index in [2.05, 4.69) is 0 Å². The van der Waals surface area contributed by atoms with E-state index in [0.29, 0.717) is 45.9 Å². The number of carbonyl (C=O) groups excluding carboxylic acids is 1. The molecule has 170 valence electrons. The number of para-hydroxylation sites is 1. The van der Waals surface area contributed by atoms with Crippen molar-refractivity contribution in [1.82, 2.24) is 9.38 Å². The highest BCUT2D eigenvalue weighted by Crippen LogP contribution is 2.31. The number of amides is 1. The third kappa shape index (κ3) is 5.13. The smallest absolute Gasteiger partial charge is 0.232 e. The van der Waals surface area contributed by atoms with E-state index in [9.17, 15) is 9.18 Å². The van der Waals surface area contributed by atoms with Gasteiger partial charge in [-0.2, -0.15) is 0 Å². The number of rotatable bonds is 8. The second-order valence-electron chi connectivity index (χ2n) is 7.49. The van der Waals surface area contributed by atoms with Crippen LogP contribution in [0.15, 0.2) is 66.9 Å². The Hall–Kier alpha value is -3.09. The van der Waals surface area contributed by atoms with Gasteiger partial charge < -0.3 is 14.0 Å². The van der Waals surface area contributed by atoms with Crippen molar-refractivity contribution < 1.29 is 13.9 Å². The van der Waals surface area contributed by atoms with Gasteiger partial charge >= 0.3 is 0 Å². The predicted octanol–water partition coefficient (Wildman–Crippen LogP) is 6.25. The lowest BCUT2D eigenvalue weighted by atomic mass is 10.1. The zero-order valence-corrected chi connectivity index (χ0v) is 19.5. The van der Waals surface area contributed by atoms with Gasteiger partial charge in [0, 0.05) is 30.9 Å². The average molecular weight is 485 g/mol. The van der Waals surface area contributed by atoms with Gasteiger partial charge in [-0.3, -0.25) is 9.18 Å². The summed E-state index contributed by atoms with van der Waals surface area (Å²) < 4.78 is 19.6. The summed E-state index contributed by atoms with van der Waals surface area (Å²) in [7, 11) is 1.74. The summed E-state index contributed by atoms with van der Waals surface area (Å²) in [6, 6.07) is 18.4. The standard InChI is InChI=1S/C25H22Cl2FN3O2/c1-30(19-6-3-2-4-7-19)23(32)15-22-24(29-25-21(27)14-18(26)16-31(22)25)17-8-10-20(11-9-17)33-13-5-12-28/h2-4,6-11,14,16H,5,12-13,15H2,1H3/i28-1. The first-order valence-corrected chi connectivity index (χ1v) is 11.2. The van der Waals surface area contributed by atoms with Crippen LogP contribution in [0.2, 0.25) is 10.0 Å². The second-order valence-corrected chi connectivity index (χ2v) is 8.33. The van der Waals surface area contributed by atoms with Crippen LogP contribution in [0.3, 0.4) is 0 Å². The first-order valence-electron chi connectivity index (χ1n) is 10.4. The van der Waals surface area contributed by atoms with E-state index in [1.54, 1.807) is 40.7 Å². The van der Waals surface area contributed by atoms with Crippen molar-refractivity contribution in [2.75, 3.05) is 25.2 Å². The highest BCUT2D eigenvalue weighted by Gasteiger charge is 2.21. The Morgan fingerprint density at radius 2 is 1.85 bits per heavy atom. The molecule has 4 rings (SSSR count). The summed E-state index contributed by atoms with van der Waals surface area (Å²) in [4.78, 5) is 19.5. The molecular weight excluding hydrogens is 463 g/mol. The molecule has 0 atom stereocenters. The van der Waals surface area contributed by atoms with Gasteiger partial charge in [0.1, 0.15) is 5.75 Å². The number of carbonyl (C=O) groups is 1. The van der Waals surface area contributed by atoms with Crippen LogP contribution >= 0.6 is 23.2 Å². The van der Waals surface area contributed by atoms with Gasteiger partial charge in [-0.1, -0.05) is 41.4 Å². The molecule has 0 saturated heterocycles. The van der Waals surface area contributed by atoms with Crippen LogP contribution in [0.25, 0.3) is 16.9 Å². The number of ether oxygens (including phenoxy) is 1. The minimum Gasteiger partial charge on any atom is -0.493 e. The number of benzene rings is 2. The van der Waals surface area contributed by atoms with Gasteiger partial charge in [-0.15, -0.1) is 0 Å². The summed E-state index contributed by atoms with van der Waals surface area (Å²) in [6.45, 7) is -0.110. The van der Waals surface area contributed by atoms with Crippen LogP contribution in [-0.2, 0) is 11.2 Å². The van der Waals surface area contributed by atoms with Crippen molar-refractivity contribution in [3.63, 3.8) is 0 Å². The van der Waals surface area contributed by atoms with Crippen LogP contribution in [0.4, 0.5) is 10.1 Å². The Kier molecular flexibility index (Phi) is 7.16. The summed E-state index contributed by atoms with van der Waals surface area (Å²) in [6.07, 6.45) is 2.14. The van der Waals surface area contributed by atoms with Gasteiger partial charge in [-0.05, 0) is 42.5 Å². The lowest BCUT2D eigenvalue weighted by molar-refractivity contribution is -0.117. The average Bonchev–Trinajstić information content (AvgIpc) is 3.18. The number of imidazole rings is 1. The largest absolute Gasteiger partial charge is 0.493 e. The maximum Gasteiger partial charge on any atom is 0.232 e. The van der Waals surface area contributed by atoms with Crippen molar-refractivity contribution in [3.05, 3.63) is 82.6 Å². The molecule has 0 unspecified atom stereocenters. The molecular formula is C25H22Cl2FN3O2. The van der Waals surface area contributed by atoms with Crippen LogP contribution < -0.4 is 9.64 Å². The molecule has 0 saturated carbocycles. The first kappa shape index (κ1) is 23.1. The first-order chi connectivity index (χ1) is 16.0. The molecule has 0 aliphatic carbocycles. The highest BCUT2D eigenvalue weighted by molar-refractivity contribution is 6.36. The summed E-state index contributed by atoms with van der Waals surface area (Å²) in [5.41, 5.74) is 3.42. The Morgan fingerprint density at radius 3 is 2.55 bits per heavy atom. The van der Waals surface area contributed by atoms with Crippen LogP contribution in [0.1, 0.15) is 12.1 Å². The van der Waals surface area contributed by atoms with E-state index >= 15 is 0 Å². The number of aromatic nitrogens is 2. The summed E-state index contributed by atoms with van der Waals surface area (Å²) in [5, 5.41) is 0.836. The van der Waals surface area contributed by atoms with Crippen molar-refractivity contribution in [3.8, 4) is 17.0 Å². The molecule has 8 heteroatoms. The van der Waals surface area contributed by atoms with Crippen LogP contribution in [0, 0.1) is 0 Å². The van der Waals surface area contributed by atoms with Crippen LogP contribution in [0.5, 0.6) is 5.75 Å². The third-order valence-corrected chi connectivity index (χ3v) is 5.74. The Bertz CT molecular complexity index is 1260. The van der Waals surface area contributed by atoms with Crippen molar-refractivity contribution in [1.29, 1.82) is 0 Å². The molecule has 0 fully saturated rings. The van der Waals surface area contributed by atoms with E-state index in [0.717, 1.165) is 11.3 Å². The summed E-state index contributed by atoms with van der Waals surface area (Å²) >= 11 is 12.7.